The second kappa shape index (κ2) is 6.35. The summed E-state index contributed by atoms with van der Waals surface area (Å²) in [6, 6.07) is 7.14. The van der Waals surface area contributed by atoms with Gasteiger partial charge < -0.3 is 10.5 Å². The van der Waals surface area contributed by atoms with Crippen molar-refractivity contribution in [1.82, 2.24) is 0 Å². The molecular weight excluding hydrogens is 234 g/mol. The van der Waals surface area contributed by atoms with Crippen LogP contribution in [0.3, 0.4) is 0 Å². The number of rotatable bonds is 5. The maximum absolute atomic E-state index is 11.6. The Kier molecular flexibility index (Phi) is 5.10. The second-order valence-corrected chi connectivity index (χ2v) is 4.86. The van der Waals surface area contributed by atoms with Crippen molar-refractivity contribution >= 4 is 23.2 Å². The smallest absolute Gasteiger partial charge is 0.338 e. The fraction of sp³-hybridized carbons (Fsp3) is 0.385. The lowest BCUT2D eigenvalue weighted by molar-refractivity contribution is 0.0459. The minimum absolute atomic E-state index is 0.291. The maximum Gasteiger partial charge on any atom is 0.338 e. The Morgan fingerprint density at radius 1 is 1.35 bits per heavy atom. The van der Waals surface area contributed by atoms with E-state index in [4.69, 9.17) is 22.7 Å². The summed E-state index contributed by atoms with van der Waals surface area (Å²) in [5, 5.41) is 0. The zero-order valence-electron chi connectivity index (χ0n) is 10.1. The molecule has 0 saturated heterocycles. The lowest BCUT2D eigenvalue weighted by Crippen LogP contribution is -2.12. The van der Waals surface area contributed by atoms with Crippen molar-refractivity contribution in [1.29, 1.82) is 0 Å². The highest BCUT2D eigenvalue weighted by Crippen LogP contribution is 2.07. The molecule has 2 N–H and O–H groups in total. The molecule has 0 atom stereocenters. The Hall–Kier alpha value is -1.42. The van der Waals surface area contributed by atoms with Crippen LogP contribution in [0.25, 0.3) is 0 Å². The molecular formula is C13H17NO2S. The summed E-state index contributed by atoms with van der Waals surface area (Å²) < 4.78 is 5.12. The summed E-state index contributed by atoms with van der Waals surface area (Å²) in [4.78, 5) is 12.1. The van der Waals surface area contributed by atoms with Crippen molar-refractivity contribution in [2.75, 3.05) is 6.61 Å². The standard InChI is InChI=1S/C13H17NO2S/c1-9(2)8-16-13(15)11-5-3-10(4-6-11)7-12(14)17/h3-6,9H,7-8H2,1-2H3,(H2,14,17). The van der Waals surface area contributed by atoms with Gasteiger partial charge in [-0.25, -0.2) is 4.79 Å². The molecule has 0 heterocycles. The van der Waals surface area contributed by atoms with Gasteiger partial charge in [-0.1, -0.05) is 38.2 Å². The van der Waals surface area contributed by atoms with Gasteiger partial charge in [-0.15, -0.1) is 0 Å². The van der Waals surface area contributed by atoms with Crippen LogP contribution < -0.4 is 5.73 Å². The molecule has 1 rings (SSSR count). The summed E-state index contributed by atoms with van der Waals surface area (Å²) in [5.41, 5.74) is 6.99. The molecule has 0 bridgehead atoms. The number of hydrogen-bond acceptors (Lipinski definition) is 3. The predicted molar refractivity (Wildman–Crippen MR) is 72.1 cm³/mol. The molecule has 0 amide bonds. The average molecular weight is 251 g/mol. The van der Waals surface area contributed by atoms with E-state index >= 15 is 0 Å². The monoisotopic (exact) mass is 251 g/mol. The van der Waals surface area contributed by atoms with Crippen LogP contribution in [0.1, 0.15) is 29.8 Å². The van der Waals surface area contributed by atoms with Crippen LogP contribution in [-0.2, 0) is 11.2 Å². The molecule has 0 aliphatic carbocycles. The number of esters is 1. The third-order valence-corrected chi connectivity index (χ3v) is 2.26. The van der Waals surface area contributed by atoms with Crippen LogP contribution in [0.2, 0.25) is 0 Å². The molecule has 1 aromatic carbocycles. The van der Waals surface area contributed by atoms with E-state index < -0.39 is 0 Å². The number of ether oxygens (including phenoxy) is 1. The molecule has 0 aliphatic heterocycles. The number of carbonyl (C=O) groups excluding carboxylic acids is 1. The second-order valence-electron chi connectivity index (χ2n) is 4.33. The SMILES string of the molecule is CC(C)COC(=O)c1ccc(CC(N)=S)cc1. The van der Waals surface area contributed by atoms with E-state index in [2.05, 4.69) is 0 Å². The minimum Gasteiger partial charge on any atom is -0.462 e. The van der Waals surface area contributed by atoms with Crippen molar-refractivity contribution in [3.8, 4) is 0 Å². The lowest BCUT2D eigenvalue weighted by Gasteiger charge is -2.07. The van der Waals surface area contributed by atoms with Gasteiger partial charge in [-0.2, -0.15) is 0 Å². The first-order valence-corrected chi connectivity index (χ1v) is 5.94. The van der Waals surface area contributed by atoms with Crippen molar-refractivity contribution in [3.63, 3.8) is 0 Å². The fourth-order valence-corrected chi connectivity index (χ4v) is 1.45. The Balaban J connectivity index is 2.60. The Labute approximate surface area is 107 Å². The summed E-state index contributed by atoms with van der Waals surface area (Å²) in [6.07, 6.45) is 0.552. The van der Waals surface area contributed by atoms with Crippen molar-refractivity contribution in [2.24, 2.45) is 11.7 Å². The fourth-order valence-electron chi connectivity index (χ4n) is 1.29. The maximum atomic E-state index is 11.6. The van der Waals surface area contributed by atoms with E-state index in [0.717, 1.165) is 5.56 Å². The van der Waals surface area contributed by atoms with E-state index in [1.807, 2.05) is 26.0 Å². The highest BCUT2D eigenvalue weighted by atomic mass is 32.1. The number of hydrogen-bond donors (Lipinski definition) is 1. The van der Waals surface area contributed by atoms with Crippen molar-refractivity contribution in [3.05, 3.63) is 35.4 Å². The van der Waals surface area contributed by atoms with Crippen molar-refractivity contribution < 1.29 is 9.53 Å². The van der Waals surface area contributed by atoms with Gasteiger partial charge >= 0.3 is 5.97 Å². The van der Waals surface area contributed by atoms with Gasteiger partial charge in [-0.05, 0) is 23.6 Å². The molecule has 0 radical (unpaired) electrons. The first-order valence-electron chi connectivity index (χ1n) is 5.53. The van der Waals surface area contributed by atoms with E-state index in [-0.39, 0.29) is 5.97 Å². The quantitative estimate of drug-likeness (QED) is 0.644. The molecule has 0 aliphatic rings. The van der Waals surface area contributed by atoms with E-state index in [1.54, 1.807) is 12.1 Å². The molecule has 17 heavy (non-hydrogen) atoms. The molecule has 0 fully saturated rings. The van der Waals surface area contributed by atoms with Gasteiger partial charge in [0.1, 0.15) is 0 Å². The minimum atomic E-state index is -0.291. The normalized spacial score (nSPS) is 10.3. The summed E-state index contributed by atoms with van der Waals surface area (Å²) in [5.74, 6) is 0.0495. The number of benzene rings is 1. The topological polar surface area (TPSA) is 52.3 Å². The molecule has 4 heteroatoms. The van der Waals surface area contributed by atoms with E-state index in [0.29, 0.717) is 29.5 Å². The predicted octanol–water partition coefficient (Wildman–Crippen LogP) is 2.33. The number of nitrogens with two attached hydrogens (primary N) is 1. The van der Waals surface area contributed by atoms with Gasteiger partial charge in [0.15, 0.2) is 0 Å². The number of carbonyl (C=O) groups is 1. The zero-order chi connectivity index (χ0) is 12.8. The van der Waals surface area contributed by atoms with Crippen LogP contribution in [0.15, 0.2) is 24.3 Å². The highest BCUT2D eigenvalue weighted by Gasteiger charge is 2.07. The summed E-state index contributed by atoms with van der Waals surface area (Å²) in [7, 11) is 0. The summed E-state index contributed by atoms with van der Waals surface area (Å²) in [6.45, 7) is 4.44. The van der Waals surface area contributed by atoms with Gasteiger partial charge in [0, 0.05) is 6.42 Å². The van der Waals surface area contributed by atoms with Gasteiger partial charge in [0.05, 0.1) is 17.2 Å². The van der Waals surface area contributed by atoms with Gasteiger partial charge in [0.25, 0.3) is 0 Å². The average Bonchev–Trinajstić information content (AvgIpc) is 2.26. The summed E-state index contributed by atoms with van der Waals surface area (Å²) >= 11 is 4.82. The third kappa shape index (κ3) is 4.95. The molecule has 0 unspecified atom stereocenters. The largest absolute Gasteiger partial charge is 0.462 e. The van der Waals surface area contributed by atoms with E-state index in [9.17, 15) is 4.79 Å². The highest BCUT2D eigenvalue weighted by molar-refractivity contribution is 7.80. The molecule has 0 saturated carbocycles. The molecule has 0 aromatic heterocycles. The molecule has 92 valence electrons. The Morgan fingerprint density at radius 2 is 1.94 bits per heavy atom. The zero-order valence-corrected chi connectivity index (χ0v) is 10.9. The Bertz CT molecular complexity index is 398. The van der Waals surface area contributed by atoms with Crippen LogP contribution >= 0.6 is 12.2 Å². The first-order chi connectivity index (χ1) is 7.99. The first kappa shape index (κ1) is 13.6. The van der Waals surface area contributed by atoms with Gasteiger partial charge in [-0.3, -0.25) is 0 Å². The van der Waals surface area contributed by atoms with Crippen LogP contribution in [0.5, 0.6) is 0 Å². The van der Waals surface area contributed by atoms with Crippen LogP contribution in [0.4, 0.5) is 0 Å². The number of thiocarbonyl (C=S) groups is 1. The molecule has 1 aromatic rings. The molecule has 0 spiro atoms. The van der Waals surface area contributed by atoms with E-state index in [1.165, 1.54) is 0 Å². The Morgan fingerprint density at radius 3 is 2.41 bits per heavy atom. The molecule has 3 nitrogen and oxygen atoms in total. The van der Waals surface area contributed by atoms with Crippen LogP contribution in [0, 0.1) is 5.92 Å². The van der Waals surface area contributed by atoms with Gasteiger partial charge in [0.2, 0.25) is 0 Å². The van der Waals surface area contributed by atoms with Crippen LogP contribution in [-0.4, -0.2) is 17.6 Å². The van der Waals surface area contributed by atoms with Crippen molar-refractivity contribution in [2.45, 2.75) is 20.3 Å². The third-order valence-electron chi connectivity index (χ3n) is 2.12. The lowest BCUT2D eigenvalue weighted by atomic mass is 10.1.